The number of rotatable bonds is 8. The zero-order valence-electron chi connectivity index (χ0n) is 13.0. The van der Waals surface area contributed by atoms with Crippen molar-refractivity contribution in [2.75, 3.05) is 12.4 Å². The van der Waals surface area contributed by atoms with Gasteiger partial charge in [0.05, 0.1) is 13.5 Å². The molecule has 1 aromatic rings. The predicted molar refractivity (Wildman–Crippen MR) is 87.7 cm³/mol. The number of carbonyl (C=O) groups is 3. The number of nitrogens with one attached hydrogen (secondary N) is 2. The Morgan fingerprint density at radius 1 is 1.22 bits per heavy atom. The summed E-state index contributed by atoms with van der Waals surface area (Å²) in [5, 5.41) is 5.22. The standard InChI is InChI=1S/C17H20N2O4/c1-4-6-14(17(22)23-3)19-16(21)11-12-7-9-13(10-8-12)18-15(20)5-2/h4-5,7-10,14H,1-2,6,11H2,3H3,(H,18,20)(H,19,21). The fourth-order valence-corrected chi connectivity index (χ4v) is 1.85. The Kier molecular flexibility index (Phi) is 7.26. The van der Waals surface area contributed by atoms with Crippen LogP contribution >= 0.6 is 0 Å². The van der Waals surface area contributed by atoms with Crippen LogP contribution in [0.15, 0.2) is 49.6 Å². The van der Waals surface area contributed by atoms with Gasteiger partial charge in [-0.1, -0.05) is 24.8 Å². The number of benzene rings is 1. The van der Waals surface area contributed by atoms with Gasteiger partial charge in [0, 0.05) is 5.69 Å². The third kappa shape index (κ3) is 6.17. The third-order valence-corrected chi connectivity index (χ3v) is 2.99. The van der Waals surface area contributed by atoms with Gasteiger partial charge in [0.25, 0.3) is 0 Å². The van der Waals surface area contributed by atoms with Crippen molar-refractivity contribution in [1.29, 1.82) is 0 Å². The number of hydrogen-bond donors (Lipinski definition) is 2. The molecule has 2 amide bonds. The van der Waals surface area contributed by atoms with Gasteiger partial charge >= 0.3 is 5.97 Å². The molecular weight excluding hydrogens is 296 g/mol. The van der Waals surface area contributed by atoms with Crippen LogP contribution in [0.1, 0.15) is 12.0 Å². The second kappa shape index (κ2) is 9.19. The van der Waals surface area contributed by atoms with E-state index in [0.717, 1.165) is 5.56 Å². The summed E-state index contributed by atoms with van der Waals surface area (Å²) in [4.78, 5) is 34.7. The molecule has 0 saturated carbocycles. The van der Waals surface area contributed by atoms with E-state index in [9.17, 15) is 14.4 Å². The smallest absolute Gasteiger partial charge is 0.328 e. The largest absolute Gasteiger partial charge is 0.467 e. The summed E-state index contributed by atoms with van der Waals surface area (Å²) in [6.07, 6.45) is 3.12. The van der Waals surface area contributed by atoms with E-state index < -0.39 is 12.0 Å². The maximum absolute atomic E-state index is 12.0. The van der Waals surface area contributed by atoms with E-state index in [0.29, 0.717) is 12.1 Å². The van der Waals surface area contributed by atoms with Gasteiger partial charge in [-0.2, -0.15) is 0 Å². The summed E-state index contributed by atoms with van der Waals surface area (Å²) in [5.41, 5.74) is 1.36. The molecule has 0 aliphatic rings. The summed E-state index contributed by atoms with van der Waals surface area (Å²) < 4.78 is 4.63. The van der Waals surface area contributed by atoms with Gasteiger partial charge < -0.3 is 15.4 Å². The van der Waals surface area contributed by atoms with Gasteiger partial charge in [-0.25, -0.2) is 4.79 Å². The molecule has 1 atom stereocenters. The normalized spacial score (nSPS) is 11.0. The number of esters is 1. The Balaban J connectivity index is 2.62. The minimum absolute atomic E-state index is 0.111. The minimum Gasteiger partial charge on any atom is -0.467 e. The number of methoxy groups -OCH3 is 1. The van der Waals surface area contributed by atoms with Crippen LogP contribution in [0.5, 0.6) is 0 Å². The molecule has 6 heteroatoms. The average Bonchev–Trinajstić information content (AvgIpc) is 2.55. The molecule has 0 aliphatic heterocycles. The minimum atomic E-state index is -0.740. The lowest BCUT2D eigenvalue weighted by atomic mass is 10.1. The Labute approximate surface area is 135 Å². The third-order valence-electron chi connectivity index (χ3n) is 2.99. The van der Waals surface area contributed by atoms with Crippen LogP contribution in [0.4, 0.5) is 5.69 Å². The van der Waals surface area contributed by atoms with Crippen molar-refractivity contribution in [2.24, 2.45) is 0 Å². The van der Waals surface area contributed by atoms with Crippen molar-refractivity contribution in [3.8, 4) is 0 Å². The summed E-state index contributed by atoms with van der Waals surface area (Å²) >= 11 is 0. The predicted octanol–water partition coefficient (Wildman–Crippen LogP) is 1.59. The number of amides is 2. The van der Waals surface area contributed by atoms with Gasteiger partial charge in [-0.15, -0.1) is 6.58 Å². The first-order chi connectivity index (χ1) is 11.0. The zero-order chi connectivity index (χ0) is 17.2. The molecule has 0 radical (unpaired) electrons. The molecule has 122 valence electrons. The van der Waals surface area contributed by atoms with Crippen LogP contribution in [-0.2, 0) is 25.5 Å². The molecule has 0 bridgehead atoms. The van der Waals surface area contributed by atoms with Crippen LogP contribution in [0.3, 0.4) is 0 Å². The quantitative estimate of drug-likeness (QED) is 0.433. The van der Waals surface area contributed by atoms with E-state index in [2.05, 4.69) is 28.5 Å². The molecule has 0 aromatic heterocycles. The van der Waals surface area contributed by atoms with E-state index >= 15 is 0 Å². The van der Waals surface area contributed by atoms with Crippen LogP contribution in [0, 0.1) is 0 Å². The fourth-order valence-electron chi connectivity index (χ4n) is 1.85. The first-order valence-electron chi connectivity index (χ1n) is 7.00. The first kappa shape index (κ1) is 18.2. The van der Waals surface area contributed by atoms with Gasteiger partial charge in [0.15, 0.2) is 0 Å². The molecule has 0 aliphatic carbocycles. The SMILES string of the molecule is C=CCC(NC(=O)Cc1ccc(NC(=O)C=C)cc1)C(=O)OC. The summed E-state index contributed by atoms with van der Waals surface area (Å²) in [5.74, 6) is -1.12. The molecule has 2 N–H and O–H groups in total. The Bertz CT molecular complexity index is 593. The van der Waals surface area contributed by atoms with E-state index in [1.54, 1.807) is 30.3 Å². The summed E-state index contributed by atoms with van der Waals surface area (Å²) in [6, 6.07) is 6.07. The number of ether oxygens (including phenoxy) is 1. The van der Waals surface area contributed by atoms with Gasteiger partial charge in [0.1, 0.15) is 6.04 Å². The number of hydrogen-bond acceptors (Lipinski definition) is 4. The van der Waals surface area contributed by atoms with Crippen LogP contribution in [0.25, 0.3) is 0 Å². The Hall–Kier alpha value is -2.89. The molecular formula is C17H20N2O4. The molecule has 1 aromatic carbocycles. The van der Waals surface area contributed by atoms with Crippen molar-refractivity contribution in [1.82, 2.24) is 5.32 Å². The molecule has 0 spiro atoms. The molecule has 0 fully saturated rings. The highest BCUT2D eigenvalue weighted by molar-refractivity contribution is 5.98. The van der Waals surface area contributed by atoms with E-state index in [1.165, 1.54) is 13.2 Å². The molecule has 1 rings (SSSR count). The molecule has 0 heterocycles. The van der Waals surface area contributed by atoms with Crippen LogP contribution in [0.2, 0.25) is 0 Å². The van der Waals surface area contributed by atoms with Crippen molar-refractivity contribution in [3.05, 3.63) is 55.1 Å². The second-order valence-electron chi connectivity index (χ2n) is 4.73. The molecule has 23 heavy (non-hydrogen) atoms. The highest BCUT2D eigenvalue weighted by Crippen LogP contribution is 2.10. The topological polar surface area (TPSA) is 84.5 Å². The average molecular weight is 316 g/mol. The lowest BCUT2D eigenvalue weighted by Crippen LogP contribution is -2.41. The summed E-state index contributed by atoms with van der Waals surface area (Å²) in [6.45, 7) is 6.92. The maximum atomic E-state index is 12.0. The highest BCUT2D eigenvalue weighted by atomic mass is 16.5. The van der Waals surface area contributed by atoms with Crippen molar-refractivity contribution < 1.29 is 19.1 Å². The number of anilines is 1. The maximum Gasteiger partial charge on any atom is 0.328 e. The van der Waals surface area contributed by atoms with Crippen molar-refractivity contribution in [2.45, 2.75) is 18.9 Å². The summed E-state index contributed by atoms with van der Waals surface area (Å²) in [7, 11) is 1.26. The van der Waals surface area contributed by atoms with E-state index in [-0.39, 0.29) is 18.2 Å². The van der Waals surface area contributed by atoms with Crippen molar-refractivity contribution >= 4 is 23.5 Å². The number of carbonyl (C=O) groups excluding carboxylic acids is 3. The lowest BCUT2D eigenvalue weighted by molar-refractivity contribution is -0.144. The monoisotopic (exact) mass is 316 g/mol. The fraction of sp³-hybridized carbons (Fsp3) is 0.235. The Morgan fingerprint density at radius 3 is 2.39 bits per heavy atom. The second-order valence-corrected chi connectivity index (χ2v) is 4.73. The van der Waals surface area contributed by atoms with E-state index in [4.69, 9.17) is 0 Å². The molecule has 0 saturated heterocycles. The van der Waals surface area contributed by atoms with Gasteiger partial charge in [0.2, 0.25) is 11.8 Å². The lowest BCUT2D eigenvalue weighted by Gasteiger charge is -2.14. The Morgan fingerprint density at radius 2 is 1.87 bits per heavy atom. The van der Waals surface area contributed by atoms with Crippen molar-refractivity contribution in [3.63, 3.8) is 0 Å². The van der Waals surface area contributed by atoms with Crippen LogP contribution < -0.4 is 10.6 Å². The van der Waals surface area contributed by atoms with Crippen LogP contribution in [-0.4, -0.2) is 30.9 Å². The highest BCUT2D eigenvalue weighted by Gasteiger charge is 2.19. The molecule has 1 unspecified atom stereocenters. The van der Waals surface area contributed by atoms with E-state index in [1.807, 2.05) is 0 Å². The van der Waals surface area contributed by atoms with Gasteiger partial charge in [-0.05, 0) is 30.2 Å². The first-order valence-corrected chi connectivity index (χ1v) is 7.00. The van der Waals surface area contributed by atoms with Gasteiger partial charge in [-0.3, -0.25) is 9.59 Å². The zero-order valence-corrected chi connectivity index (χ0v) is 13.0. The molecule has 6 nitrogen and oxygen atoms in total.